The fraction of sp³-hybridized carbons (Fsp3) is 0.263. The van der Waals surface area contributed by atoms with Gasteiger partial charge < -0.3 is 4.52 Å². The van der Waals surface area contributed by atoms with E-state index >= 15 is 0 Å². The van der Waals surface area contributed by atoms with Crippen LogP contribution in [0.2, 0.25) is 0 Å². The van der Waals surface area contributed by atoms with Gasteiger partial charge in [-0.3, -0.25) is 15.1 Å². The fourth-order valence-corrected chi connectivity index (χ4v) is 3.45. The number of carbonyl (C=O) groups is 1. The number of amides is 1. The Bertz CT molecular complexity index is 931. The Hall–Kier alpha value is -2.54. The second kappa shape index (κ2) is 6.64. The monoisotopic (exact) mass is 412 g/mol. The summed E-state index contributed by atoms with van der Waals surface area (Å²) in [7, 11) is 0. The van der Waals surface area contributed by atoms with Gasteiger partial charge in [0.15, 0.2) is 5.82 Å². The molecule has 132 valence electrons. The van der Waals surface area contributed by atoms with E-state index in [1.165, 1.54) is 6.20 Å². The molecule has 0 spiro atoms. The number of benzene rings is 1. The predicted molar refractivity (Wildman–Crippen MR) is 100.0 cm³/mol. The van der Waals surface area contributed by atoms with Crippen LogP contribution in [0.4, 0.5) is 6.01 Å². The zero-order chi connectivity index (χ0) is 18.1. The van der Waals surface area contributed by atoms with E-state index in [0.29, 0.717) is 11.4 Å². The van der Waals surface area contributed by atoms with Crippen LogP contribution in [-0.2, 0) is 5.41 Å². The molecule has 1 saturated carbocycles. The number of halogens is 1. The van der Waals surface area contributed by atoms with Gasteiger partial charge in [-0.15, -0.1) is 0 Å². The molecule has 1 aliphatic rings. The molecule has 2 aromatic heterocycles. The van der Waals surface area contributed by atoms with Crippen molar-refractivity contribution in [3.8, 4) is 0 Å². The number of hydrogen-bond acceptors (Lipinski definition) is 5. The molecule has 0 unspecified atom stereocenters. The fourth-order valence-electron chi connectivity index (χ4n) is 3.18. The molecule has 1 aliphatic carbocycles. The van der Waals surface area contributed by atoms with Crippen molar-refractivity contribution in [1.29, 1.82) is 0 Å². The second-order valence-electron chi connectivity index (χ2n) is 6.51. The average molecular weight is 413 g/mol. The Balaban J connectivity index is 1.56. The van der Waals surface area contributed by atoms with Gasteiger partial charge in [-0.05, 0) is 49.6 Å². The van der Waals surface area contributed by atoms with Gasteiger partial charge in [0, 0.05) is 16.4 Å². The predicted octanol–water partition coefficient (Wildman–Crippen LogP) is 4.26. The van der Waals surface area contributed by atoms with Gasteiger partial charge in [0.2, 0.25) is 0 Å². The minimum Gasteiger partial charge on any atom is -0.315 e. The molecule has 4 rings (SSSR count). The minimum atomic E-state index is -0.320. The maximum atomic E-state index is 12.3. The van der Waals surface area contributed by atoms with E-state index < -0.39 is 0 Å². The first kappa shape index (κ1) is 16.9. The molecular formula is C19H17BrN4O2. The Kier molecular flexibility index (Phi) is 4.32. The number of carbonyl (C=O) groups excluding carboxylic acids is 1. The molecule has 0 bridgehead atoms. The Morgan fingerprint density at radius 1 is 1.19 bits per heavy atom. The van der Waals surface area contributed by atoms with Crippen LogP contribution in [0.1, 0.15) is 46.7 Å². The summed E-state index contributed by atoms with van der Waals surface area (Å²) in [6.07, 6.45) is 4.56. The highest BCUT2D eigenvalue weighted by Crippen LogP contribution is 2.48. The SMILES string of the molecule is Cc1ccc(C(=O)Nc2nc(C3(c4ccc(Br)cc4)CCC3)no2)cn1. The molecular weight excluding hydrogens is 396 g/mol. The van der Waals surface area contributed by atoms with Gasteiger partial charge in [0.25, 0.3) is 5.91 Å². The van der Waals surface area contributed by atoms with Crippen molar-refractivity contribution in [2.24, 2.45) is 0 Å². The van der Waals surface area contributed by atoms with E-state index in [1.54, 1.807) is 12.1 Å². The van der Waals surface area contributed by atoms with Crippen molar-refractivity contribution < 1.29 is 9.32 Å². The maximum Gasteiger partial charge on any atom is 0.328 e. The second-order valence-corrected chi connectivity index (χ2v) is 7.42. The van der Waals surface area contributed by atoms with Crippen LogP contribution in [-0.4, -0.2) is 21.0 Å². The molecule has 1 amide bonds. The van der Waals surface area contributed by atoms with E-state index in [0.717, 1.165) is 35.0 Å². The van der Waals surface area contributed by atoms with Crippen molar-refractivity contribution >= 4 is 27.9 Å². The van der Waals surface area contributed by atoms with Crippen LogP contribution < -0.4 is 5.32 Å². The first-order chi connectivity index (χ1) is 12.6. The van der Waals surface area contributed by atoms with Gasteiger partial charge in [0.05, 0.1) is 11.0 Å². The Morgan fingerprint density at radius 3 is 2.58 bits per heavy atom. The topological polar surface area (TPSA) is 80.9 Å². The molecule has 1 N–H and O–H groups in total. The summed E-state index contributed by atoms with van der Waals surface area (Å²) in [5, 5.41) is 6.79. The number of anilines is 1. The quantitative estimate of drug-likeness (QED) is 0.692. The van der Waals surface area contributed by atoms with E-state index in [-0.39, 0.29) is 17.3 Å². The van der Waals surface area contributed by atoms with E-state index in [4.69, 9.17) is 4.52 Å². The zero-order valence-electron chi connectivity index (χ0n) is 14.2. The third-order valence-corrected chi connectivity index (χ3v) is 5.38. The van der Waals surface area contributed by atoms with E-state index in [1.807, 2.05) is 19.1 Å². The molecule has 6 nitrogen and oxygen atoms in total. The summed E-state index contributed by atoms with van der Waals surface area (Å²) in [5.74, 6) is 0.294. The third kappa shape index (κ3) is 3.03. The first-order valence-electron chi connectivity index (χ1n) is 8.41. The van der Waals surface area contributed by atoms with Crippen LogP contribution >= 0.6 is 15.9 Å². The first-order valence-corrected chi connectivity index (χ1v) is 9.20. The molecule has 2 heterocycles. The number of nitrogens with one attached hydrogen (secondary N) is 1. The van der Waals surface area contributed by atoms with Crippen LogP contribution in [0.3, 0.4) is 0 Å². The van der Waals surface area contributed by atoms with Crippen LogP contribution in [0.5, 0.6) is 0 Å². The van der Waals surface area contributed by atoms with Crippen LogP contribution in [0, 0.1) is 6.92 Å². The summed E-state index contributed by atoms with van der Waals surface area (Å²) in [4.78, 5) is 20.9. The number of pyridine rings is 1. The van der Waals surface area contributed by atoms with Crippen LogP contribution in [0.25, 0.3) is 0 Å². The normalized spacial score (nSPS) is 15.3. The van der Waals surface area contributed by atoms with Crippen molar-refractivity contribution in [3.05, 3.63) is 69.7 Å². The number of hydrogen-bond donors (Lipinski definition) is 1. The summed E-state index contributed by atoms with van der Waals surface area (Å²) < 4.78 is 6.32. The van der Waals surface area contributed by atoms with Crippen molar-refractivity contribution in [2.45, 2.75) is 31.6 Å². The lowest BCUT2D eigenvalue weighted by Gasteiger charge is -2.39. The third-order valence-electron chi connectivity index (χ3n) is 4.85. The molecule has 3 aromatic rings. The summed E-state index contributed by atoms with van der Waals surface area (Å²) in [6.45, 7) is 1.87. The molecule has 0 radical (unpaired) electrons. The number of rotatable bonds is 4. The minimum absolute atomic E-state index is 0.106. The highest BCUT2D eigenvalue weighted by molar-refractivity contribution is 9.10. The van der Waals surface area contributed by atoms with Gasteiger partial charge in [-0.25, -0.2) is 0 Å². The molecule has 26 heavy (non-hydrogen) atoms. The van der Waals surface area contributed by atoms with E-state index in [2.05, 4.69) is 48.5 Å². The molecule has 7 heteroatoms. The molecule has 0 atom stereocenters. The lowest BCUT2D eigenvalue weighted by Crippen LogP contribution is -2.36. The number of nitrogens with zero attached hydrogens (tertiary/aromatic N) is 3. The molecule has 1 aromatic carbocycles. The van der Waals surface area contributed by atoms with Crippen molar-refractivity contribution in [3.63, 3.8) is 0 Å². The summed E-state index contributed by atoms with van der Waals surface area (Å²) in [5.41, 5.74) is 2.22. The highest BCUT2D eigenvalue weighted by atomic mass is 79.9. The largest absolute Gasteiger partial charge is 0.328 e. The smallest absolute Gasteiger partial charge is 0.315 e. The number of aryl methyl sites for hydroxylation is 1. The Labute approximate surface area is 159 Å². The highest BCUT2D eigenvalue weighted by Gasteiger charge is 2.44. The number of aromatic nitrogens is 3. The lowest BCUT2D eigenvalue weighted by molar-refractivity contribution is 0.102. The Morgan fingerprint density at radius 2 is 1.96 bits per heavy atom. The standard InChI is InChI=1S/C19H17BrN4O2/c1-12-3-4-13(11-21-12)16(25)22-18-23-17(24-26-18)19(9-2-10-19)14-5-7-15(20)8-6-14/h3-8,11H,2,9-10H2,1H3,(H,22,23,24,25). The maximum absolute atomic E-state index is 12.3. The lowest BCUT2D eigenvalue weighted by atomic mass is 9.64. The molecule has 0 aliphatic heterocycles. The summed E-state index contributed by atoms with van der Waals surface area (Å²) in [6, 6.07) is 11.8. The zero-order valence-corrected chi connectivity index (χ0v) is 15.8. The van der Waals surface area contributed by atoms with Crippen molar-refractivity contribution in [1.82, 2.24) is 15.1 Å². The van der Waals surface area contributed by atoms with Gasteiger partial charge in [-0.1, -0.05) is 39.6 Å². The van der Waals surface area contributed by atoms with Gasteiger partial charge in [0.1, 0.15) is 0 Å². The average Bonchev–Trinajstić information content (AvgIpc) is 3.04. The molecule has 0 saturated heterocycles. The van der Waals surface area contributed by atoms with E-state index in [9.17, 15) is 4.79 Å². The van der Waals surface area contributed by atoms with Crippen LogP contribution in [0.15, 0.2) is 51.6 Å². The van der Waals surface area contributed by atoms with Gasteiger partial charge >= 0.3 is 6.01 Å². The van der Waals surface area contributed by atoms with Gasteiger partial charge in [-0.2, -0.15) is 4.98 Å². The van der Waals surface area contributed by atoms with Crippen molar-refractivity contribution in [2.75, 3.05) is 5.32 Å². The molecule has 1 fully saturated rings. The summed E-state index contributed by atoms with van der Waals surface area (Å²) >= 11 is 3.46.